The van der Waals surface area contributed by atoms with Crippen molar-refractivity contribution in [2.24, 2.45) is 0 Å². The number of hydrogen-bond acceptors (Lipinski definition) is 4. The molecule has 0 N–H and O–H groups in total. The lowest BCUT2D eigenvalue weighted by atomic mass is 10.2. The molecule has 0 fully saturated rings. The minimum atomic E-state index is -0.121. The number of fused-ring (bicyclic) bond motifs is 1. The van der Waals surface area contributed by atoms with Gasteiger partial charge in [0.15, 0.2) is 5.16 Å². The molecule has 29 heavy (non-hydrogen) atoms. The smallest absolute Gasteiger partial charge is 0.266 e. The van der Waals surface area contributed by atoms with Crippen molar-refractivity contribution in [1.29, 1.82) is 0 Å². The Morgan fingerprint density at radius 3 is 2.31 bits per heavy atom. The molecular weight excluding hydrogens is 382 g/mol. The first-order chi connectivity index (χ1) is 13.8. The molecular formula is C23H27N3O2S. The summed E-state index contributed by atoms with van der Waals surface area (Å²) in [7, 11) is 0. The van der Waals surface area contributed by atoms with Crippen molar-refractivity contribution in [1.82, 2.24) is 14.5 Å². The van der Waals surface area contributed by atoms with Gasteiger partial charge in [0.2, 0.25) is 5.91 Å². The molecule has 0 aliphatic rings. The zero-order valence-electron chi connectivity index (χ0n) is 17.5. The molecule has 3 rings (SSSR count). The second-order valence-electron chi connectivity index (χ2n) is 7.62. The predicted octanol–water partition coefficient (Wildman–Crippen LogP) is 4.43. The molecule has 6 heteroatoms. The molecule has 1 heterocycles. The second-order valence-corrected chi connectivity index (χ2v) is 8.56. The summed E-state index contributed by atoms with van der Waals surface area (Å²) in [5, 5.41) is 1.10. The Kier molecular flexibility index (Phi) is 6.42. The molecule has 0 saturated heterocycles. The fourth-order valence-corrected chi connectivity index (χ4v) is 4.48. The average Bonchev–Trinajstić information content (AvgIpc) is 2.67. The van der Waals surface area contributed by atoms with Crippen molar-refractivity contribution in [3.63, 3.8) is 0 Å². The Labute approximate surface area is 175 Å². The maximum Gasteiger partial charge on any atom is 0.266 e. The number of aryl methyl sites for hydroxylation is 1. The number of nitrogens with zero attached hydrogens (tertiary/aromatic N) is 3. The van der Waals surface area contributed by atoms with Gasteiger partial charge < -0.3 is 4.90 Å². The minimum Gasteiger partial charge on any atom is -0.337 e. The zero-order valence-corrected chi connectivity index (χ0v) is 18.4. The number of carbonyl (C=O) groups excluding carboxylic acids is 1. The van der Waals surface area contributed by atoms with Crippen molar-refractivity contribution in [2.75, 3.05) is 5.75 Å². The van der Waals surface area contributed by atoms with Crippen molar-refractivity contribution in [3.05, 3.63) is 64.4 Å². The normalized spacial score (nSPS) is 11.4. The third kappa shape index (κ3) is 4.37. The van der Waals surface area contributed by atoms with Crippen LogP contribution in [-0.2, 0) is 4.79 Å². The van der Waals surface area contributed by atoms with Crippen LogP contribution in [0.3, 0.4) is 0 Å². The average molecular weight is 410 g/mol. The van der Waals surface area contributed by atoms with Crippen molar-refractivity contribution >= 4 is 28.6 Å². The monoisotopic (exact) mass is 409 g/mol. The van der Waals surface area contributed by atoms with Gasteiger partial charge in [0.1, 0.15) is 0 Å². The van der Waals surface area contributed by atoms with Crippen LogP contribution >= 0.6 is 11.8 Å². The van der Waals surface area contributed by atoms with E-state index in [1.807, 2.05) is 82.0 Å². The lowest BCUT2D eigenvalue weighted by molar-refractivity contribution is -0.131. The van der Waals surface area contributed by atoms with E-state index >= 15 is 0 Å². The number of benzene rings is 2. The molecule has 0 aliphatic carbocycles. The SMILES string of the molecule is Cc1ccccc1-n1c(SCC(=O)N(C(C)C)C(C)C)nc2ccccc2c1=O. The zero-order chi connectivity index (χ0) is 21.1. The number of amides is 1. The van der Waals surface area contributed by atoms with Crippen LogP contribution in [-0.4, -0.2) is 38.2 Å². The number of carbonyl (C=O) groups is 1. The minimum absolute atomic E-state index is 0.0405. The molecule has 0 atom stereocenters. The first kappa shape index (κ1) is 21.1. The molecule has 152 valence electrons. The van der Waals surface area contributed by atoms with Gasteiger partial charge in [-0.3, -0.25) is 14.2 Å². The van der Waals surface area contributed by atoms with Crippen LogP contribution in [0.15, 0.2) is 58.5 Å². The summed E-state index contributed by atoms with van der Waals surface area (Å²) < 4.78 is 1.63. The van der Waals surface area contributed by atoms with Crippen LogP contribution in [0.1, 0.15) is 33.3 Å². The van der Waals surface area contributed by atoms with E-state index in [9.17, 15) is 9.59 Å². The van der Waals surface area contributed by atoms with E-state index < -0.39 is 0 Å². The number of aromatic nitrogens is 2. The first-order valence-corrected chi connectivity index (χ1v) is 10.8. The molecule has 0 spiro atoms. The van der Waals surface area contributed by atoms with Gasteiger partial charge in [0.05, 0.1) is 22.3 Å². The van der Waals surface area contributed by atoms with Gasteiger partial charge in [-0.05, 0) is 58.4 Å². The second kappa shape index (κ2) is 8.82. The fraction of sp³-hybridized carbons (Fsp3) is 0.348. The highest BCUT2D eigenvalue weighted by molar-refractivity contribution is 7.99. The van der Waals surface area contributed by atoms with E-state index in [2.05, 4.69) is 0 Å². The van der Waals surface area contributed by atoms with Gasteiger partial charge in [0.25, 0.3) is 5.56 Å². The maximum atomic E-state index is 13.3. The summed E-state index contributed by atoms with van der Waals surface area (Å²) in [6.45, 7) is 10.0. The first-order valence-electron chi connectivity index (χ1n) is 9.83. The Balaban J connectivity index is 2.07. The summed E-state index contributed by atoms with van der Waals surface area (Å²) in [4.78, 5) is 32.8. The highest BCUT2D eigenvalue weighted by atomic mass is 32.2. The highest BCUT2D eigenvalue weighted by Gasteiger charge is 2.22. The van der Waals surface area contributed by atoms with Crippen molar-refractivity contribution in [3.8, 4) is 5.69 Å². The largest absolute Gasteiger partial charge is 0.337 e. The fourth-order valence-electron chi connectivity index (χ4n) is 3.61. The molecule has 0 unspecified atom stereocenters. The number of hydrogen-bond donors (Lipinski definition) is 0. The molecule has 0 aliphatic heterocycles. The predicted molar refractivity (Wildman–Crippen MR) is 120 cm³/mol. The summed E-state index contributed by atoms with van der Waals surface area (Å²) in [6, 6.07) is 15.3. The van der Waals surface area contributed by atoms with E-state index in [1.54, 1.807) is 10.6 Å². The van der Waals surface area contributed by atoms with E-state index in [-0.39, 0.29) is 29.3 Å². The van der Waals surface area contributed by atoms with E-state index in [1.165, 1.54) is 11.8 Å². The third-order valence-corrected chi connectivity index (χ3v) is 5.75. The Bertz CT molecular complexity index is 1080. The standard InChI is InChI=1S/C23H27N3O2S/c1-15(2)25(16(3)4)21(27)14-29-23-24-19-12-8-7-11-18(19)22(28)26(23)20-13-9-6-10-17(20)5/h6-13,15-16H,14H2,1-5H3. The van der Waals surface area contributed by atoms with Gasteiger partial charge in [-0.15, -0.1) is 0 Å². The highest BCUT2D eigenvalue weighted by Crippen LogP contribution is 2.24. The summed E-state index contributed by atoms with van der Waals surface area (Å²) >= 11 is 1.31. The summed E-state index contributed by atoms with van der Waals surface area (Å²) in [5.74, 6) is 0.270. The lowest BCUT2D eigenvalue weighted by Gasteiger charge is -2.30. The molecule has 1 amide bonds. The van der Waals surface area contributed by atoms with Crippen LogP contribution < -0.4 is 5.56 Å². The van der Waals surface area contributed by atoms with E-state index in [4.69, 9.17) is 4.98 Å². The van der Waals surface area contributed by atoms with Gasteiger partial charge in [-0.1, -0.05) is 42.1 Å². The Morgan fingerprint density at radius 1 is 1.03 bits per heavy atom. The van der Waals surface area contributed by atoms with Gasteiger partial charge in [0, 0.05) is 12.1 Å². The van der Waals surface area contributed by atoms with Gasteiger partial charge in [-0.2, -0.15) is 0 Å². The van der Waals surface area contributed by atoms with Crippen LogP contribution in [0.4, 0.5) is 0 Å². The number of para-hydroxylation sites is 2. The molecule has 0 saturated carbocycles. The van der Waals surface area contributed by atoms with Crippen LogP contribution in [0.2, 0.25) is 0 Å². The maximum absolute atomic E-state index is 13.3. The quantitative estimate of drug-likeness (QED) is 0.446. The Morgan fingerprint density at radius 2 is 1.66 bits per heavy atom. The number of thioether (sulfide) groups is 1. The van der Waals surface area contributed by atoms with Crippen molar-refractivity contribution < 1.29 is 4.79 Å². The molecule has 0 radical (unpaired) electrons. The molecule has 1 aromatic heterocycles. The van der Waals surface area contributed by atoms with Gasteiger partial charge in [-0.25, -0.2) is 4.98 Å². The molecule has 0 bridgehead atoms. The van der Waals surface area contributed by atoms with E-state index in [0.717, 1.165) is 11.3 Å². The third-order valence-electron chi connectivity index (χ3n) is 4.83. The topological polar surface area (TPSA) is 55.2 Å². The van der Waals surface area contributed by atoms with Crippen LogP contribution in [0.5, 0.6) is 0 Å². The number of rotatable bonds is 6. The van der Waals surface area contributed by atoms with Crippen LogP contribution in [0, 0.1) is 6.92 Å². The molecule has 3 aromatic rings. The molecule has 2 aromatic carbocycles. The van der Waals surface area contributed by atoms with Gasteiger partial charge >= 0.3 is 0 Å². The summed E-state index contributed by atoms with van der Waals surface area (Å²) in [5.41, 5.74) is 2.28. The van der Waals surface area contributed by atoms with E-state index in [0.29, 0.717) is 16.1 Å². The lowest BCUT2D eigenvalue weighted by Crippen LogP contribution is -2.43. The molecule has 5 nitrogen and oxygen atoms in total. The van der Waals surface area contributed by atoms with Crippen LogP contribution in [0.25, 0.3) is 16.6 Å². The Hall–Kier alpha value is -2.60. The summed E-state index contributed by atoms with van der Waals surface area (Å²) in [6.07, 6.45) is 0. The van der Waals surface area contributed by atoms with Crippen molar-refractivity contribution in [2.45, 2.75) is 51.9 Å².